The third-order valence-corrected chi connectivity index (χ3v) is 8.14. The van der Waals surface area contributed by atoms with Crippen LogP contribution in [0.25, 0.3) is 0 Å². The van der Waals surface area contributed by atoms with Crippen LogP contribution in [0.4, 0.5) is 0 Å². The summed E-state index contributed by atoms with van der Waals surface area (Å²) in [4.78, 5) is 12.4. The molecule has 0 rings (SSSR count). The molecule has 0 aromatic rings. The van der Waals surface area contributed by atoms with E-state index in [1.165, 1.54) is 96.3 Å². The largest absolute Gasteiger partial charge is 0.394 e. The molecule has 0 bridgehead atoms. The number of rotatable bonds is 31. The topological polar surface area (TPSA) is 110 Å². The van der Waals surface area contributed by atoms with E-state index in [1.54, 1.807) is 0 Å². The van der Waals surface area contributed by atoms with Crippen molar-refractivity contribution in [3.8, 4) is 0 Å². The average molecular weight is 596 g/mol. The molecular weight excluding hydrogens is 526 g/mol. The Bertz CT molecular complexity index is 638. The molecular formula is C36H69NO5. The molecule has 6 nitrogen and oxygen atoms in total. The van der Waals surface area contributed by atoms with E-state index in [9.17, 15) is 25.2 Å². The molecule has 0 aliphatic rings. The minimum Gasteiger partial charge on any atom is -0.394 e. The molecule has 0 saturated carbocycles. The zero-order valence-corrected chi connectivity index (χ0v) is 27.5. The monoisotopic (exact) mass is 596 g/mol. The van der Waals surface area contributed by atoms with Gasteiger partial charge < -0.3 is 25.7 Å². The van der Waals surface area contributed by atoms with E-state index in [4.69, 9.17) is 0 Å². The summed E-state index contributed by atoms with van der Waals surface area (Å²) in [6.45, 7) is 3.98. The molecule has 0 aromatic carbocycles. The normalized spacial score (nSPS) is 14.9. The van der Waals surface area contributed by atoms with Gasteiger partial charge in [-0.15, -0.1) is 0 Å². The van der Waals surface area contributed by atoms with E-state index in [1.807, 2.05) is 0 Å². The first-order chi connectivity index (χ1) is 20.5. The summed E-state index contributed by atoms with van der Waals surface area (Å²) in [5, 5.41) is 43.3. The fraction of sp³-hybridized carbons (Fsp3) is 0.861. The highest BCUT2D eigenvalue weighted by Gasteiger charge is 2.28. The van der Waals surface area contributed by atoms with Gasteiger partial charge in [0.2, 0.25) is 5.91 Å². The number of amides is 1. The van der Waals surface area contributed by atoms with Crippen molar-refractivity contribution in [2.75, 3.05) is 6.61 Å². The van der Waals surface area contributed by atoms with Crippen molar-refractivity contribution < 1.29 is 25.2 Å². The Balaban J connectivity index is 3.92. The zero-order valence-electron chi connectivity index (χ0n) is 27.5. The van der Waals surface area contributed by atoms with Crippen LogP contribution in [0.2, 0.25) is 0 Å². The highest BCUT2D eigenvalue weighted by atomic mass is 16.3. The van der Waals surface area contributed by atoms with Crippen LogP contribution < -0.4 is 5.32 Å². The Labute approximate surface area is 259 Å². The van der Waals surface area contributed by atoms with Gasteiger partial charge in [-0.25, -0.2) is 0 Å². The van der Waals surface area contributed by atoms with Gasteiger partial charge in [0.25, 0.3) is 0 Å². The molecule has 0 heterocycles. The molecule has 0 saturated heterocycles. The van der Waals surface area contributed by atoms with Crippen molar-refractivity contribution in [2.24, 2.45) is 0 Å². The lowest BCUT2D eigenvalue weighted by Crippen LogP contribution is -2.53. The fourth-order valence-corrected chi connectivity index (χ4v) is 5.24. The molecule has 42 heavy (non-hydrogen) atoms. The second-order valence-corrected chi connectivity index (χ2v) is 12.2. The quantitative estimate of drug-likeness (QED) is 0.0411. The molecule has 0 aromatic heterocycles. The first-order valence-corrected chi connectivity index (χ1v) is 17.7. The van der Waals surface area contributed by atoms with Gasteiger partial charge in [0.15, 0.2) is 0 Å². The Morgan fingerprint density at radius 1 is 0.571 bits per heavy atom. The second kappa shape index (κ2) is 31.2. The second-order valence-electron chi connectivity index (χ2n) is 12.2. The van der Waals surface area contributed by atoms with Gasteiger partial charge in [-0.2, -0.15) is 0 Å². The van der Waals surface area contributed by atoms with Crippen molar-refractivity contribution in [1.82, 2.24) is 5.32 Å². The molecule has 0 radical (unpaired) electrons. The summed E-state index contributed by atoms with van der Waals surface area (Å²) >= 11 is 0. The van der Waals surface area contributed by atoms with Crippen molar-refractivity contribution in [2.45, 2.75) is 192 Å². The molecule has 0 aliphatic carbocycles. The number of carbonyl (C=O) groups is 1. The SMILES string of the molecule is CCCCCCCCC/C=C/CC/C=C/CCCC(O)C(O)C(CO)NC(=O)C(O)CCCCCCCCCCCC. The van der Waals surface area contributed by atoms with Crippen molar-refractivity contribution in [1.29, 1.82) is 0 Å². The van der Waals surface area contributed by atoms with Crippen LogP contribution in [0, 0.1) is 0 Å². The molecule has 1 amide bonds. The molecule has 0 aliphatic heterocycles. The van der Waals surface area contributed by atoms with Crippen molar-refractivity contribution >= 4 is 5.91 Å². The van der Waals surface area contributed by atoms with Gasteiger partial charge in [-0.3, -0.25) is 4.79 Å². The fourth-order valence-electron chi connectivity index (χ4n) is 5.24. The van der Waals surface area contributed by atoms with Crippen LogP contribution in [-0.4, -0.2) is 57.3 Å². The third kappa shape index (κ3) is 25.3. The van der Waals surface area contributed by atoms with Crippen LogP contribution in [0.3, 0.4) is 0 Å². The Kier molecular flexibility index (Phi) is 30.3. The van der Waals surface area contributed by atoms with Crippen LogP contribution >= 0.6 is 0 Å². The first kappa shape index (κ1) is 40.8. The highest BCUT2D eigenvalue weighted by molar-refractivity contribution is 5.80. The van der Waals surface area contributed by atoms with Gasteiger partial charge in [0, 0.05) is 0 Å². The predicted octanol–water partition coefficient (Wildman–Crippen LogP) is 8.06. The number of unbranched alkanes of at least 4 members (excludes halogenated alkanes) is 18. The molecule has 4 atom stereocenters. The van der Waals surface area contributed by atoms with Crippen molar-refractivity contribution in [3.05, 3.63) is 24.3 Å². The Morgan fingerprint density at radius 3 is 1.50 bits per heavy atom. The number of hydrogen-bond acceptors (Lipinski definition) is 5. The summed E-state index contributed by atoms with van der Waals surface area (Å²) < 4.78 is 0. The molecule has 4 unspecified atom stereocenters. The number of aliphatic hydroxyl groups excluding tert-OH is 4. The summed E-state index contributed by atoms with van der Waals surface area (Å²) in [7, 11) is 0. The van der Waals surface area contributed by atoms with Crippen LogP contribution in [0.1, 0.15) is 168 Å². The predicted molar refractivity (Wildman–Crippen MR) is 177 cm³/mol. The first-order valence-electron chi connectivity index (χ1n) is 17.7. The maximum atomic E-state index is 12.4. The summed E-state index contributed by atoms with van der Waals surface area (Å²) in [5.74, 6) is -0.601. The lowest BCUT2D eigenvalue weighted by molar-refractivity contribution is -0.132. The number of allylic oxidation sites excluding steroid dienone is 4. The van der Waals surface area contributed by atoms with E-state index < -0.39 is 36.9 Å². The smallest absolute Gasteiger partial charge is 0.249 e. The van der Waals surface area contributed by atoms with Crippen LogP contribution in [0.5, 0.6) is 0 Å². The summed E-state index contributed by atoms with van der Waals surface area (Å²) in [6.07, 6.45) is 32.0. The van der Waals surface area contributed by atoms with Gasteiger partial charge in [0.05, 0.1) is 18.8 Å². The molecule has 6 heteroatoms. The lowest BCUT2D eigenvalue weighted by Gasteiger charge is -2.27. The summed E-state index contributed by atoms with van der Waals surface area (Å²) in [5.41, 5.74) is 0. The number of aliphatic hydroxyl groups is 4. The van der Waals surface area contributed by atoms with E-state index in [0.29, 0.717) is 19.3 Å². The average Bonchev–Trinajstić information content (AvgIpc) is 2.99. The lowest BCUT2D eigenvalue weighted by atomic mass is 10.00. The molecule has 0 fully saturated rings. The van der Waals surface area contributed by atoms with Gasteiger partial charge in [-0.05, 0) is 51.4 Å². The maximum absolute atomic E-state index is 12.4. The zero-order chi connectivity index (χ0) is 31.1. The Hall–Kier alpha value is -1.21. The molecule has 0 spiro atoms. The Morgan fingerprint density at radius 2 is 1.00 bits per heavy atom. The highest BCUT2D eigenvalue weighted by Crippen LogP contribution is 2.14. The maximum Gasteiger partial charge on any atom is 0.249 e. The number of nitrogens with one attached hydrogen (secondary N) is 1. The number of carbonyl (C=O) groups excluding carboxylic acids is 1. The molecule has 5 N–H and O–H groups in total. The summed E-state index contributed by atoms with van der Waals surface area (Å²) in [6, 6.07) is -1.00. The van der Waals surface area contributed by atoms with Crippen LogP contribution in [0.15, 0.2) is 24.3 Å². The number of hydrogen-bond donors (Lipinski definition) is 5. The van der Waals surface area contributed by atoms with Gasteiger partial charge in [0.1, 0.15) is 12.2 Å². The van der Waals surface area contributed by atoms with Crippen molar-refractivity contribution in [3.63, 3.8) is 0 Å². The third-order valence-electron chi connectivity index (χ3n) is 8.14. The standard InChI is InChI=1S/C36H69NO5/c1-3-5-7-9-11-13-15-16-17-18-19-20-22-23-25-27-29-33(39)35(41)32(31-38)37-36(42)34(40)30-28-26-24-21-14-12-10-8-6-4-2/h17-18,22-23,32-35,38-41H,3-16,19-21,24-31H2,1-2H3,(H,37,42)/b18-17+,23-22+. The van der Waals surface area contributed by atoms with E-state index in [0.717, 1.165) is 38.5 Å². The van der Waals surface area contributed by atoms with Gasteiger partial charge >= 0.3 is 0 Å². The van der Waals surface area contributed by atoms with Crippen LogP contribution in [-0.2, 0) is 4.79 Å². The van der Waals surface area contributed by atoms with E-state index >= 15 is 0 Å². The minimum absolute atomic E-state index is 0.362. The minimum atomic E-state index is -1.28. The van der Waals surface area contributed by atoms with E-state index in [-0.39, 0.29) is 0 Å². The van der Waals surface area contributed by atoms with Gasteiger partial charge in [-0.1, -0.05) is 141 Å². The molecule has 248 valence electrons. The van der Waals surface area contributed by atoms with E-state index in [2.05, 4.69) is 43.5 Å².